The largest absolute Gasteiger partial charge is 0.417 e. The molecule has 0 spiro atoms. The van der Waals surface area contributed by atoms with Crippen LogP contribution in [-0.2, 0) is 43.6 Å². The van der Waals surface area contributed by atoms with Gasteiger partial charge in [0.25, 0.3) is 10.2 Å². The summed E-state index contributed by atoms with van der Waals surface area (Å²) in [5.41, 5.74) is -0.860. The average Bonchev–Trinajstić information content (AvgIpc) is 3.38. The number of methoxy groups -OCH3 is 1. The maximum Gasteiger partial charge on any atom is 0.417 e. The smallest absolute Gasteiger partial charge is 0.379 e. The number of aromatic nitrogens is 1. The number of alkyl halides is 3. The van der Waals surface area contributed by atoms with Gasteiger partial charge in [-0.05, 0) is 55.1 Å². The molecule has 3 fully saturated rings. The molecule has 37 heavy (non-hydrogen) atoms. The fourth-order valence-electron chi connectivity index (χ4n) is 6.95. The molecule has 9 nitrogen and oxygen atoms in total. The Hall–Kier alpha value is -1.80. The molecule has 1 saturated carbocycles. The van der Waals surface area contributed by atoms with Crippen LogP contribution in [0.1, 0.15) is 42.5 Å². The van der Waals surface area contributed by atoms with E-state index in [4.69, 9.17) is 14.6 Å². The van der Waals surface area contributed by atoms with Gasteiger partial charge in [0.15, 0.2) is 0 Å². The van der Waals surface area contributed by atoms with Crippen molar-refractivity contribution in [3.8, 4) is 0 Å². The van der Waals surface area contributed by atoms with Gasteiger partial charge in [0, 0.05) is 58.2 Å². The third kappa shape index (κ3) is 5.12. The molecule has 206 valence electrons. The van der Waals surface area contributed by atoms with Crippen LogP contribution in [0.5, 0.6) is 0 Å². The first kappa shape index (κ1) is 26.8. The van der Waals surface area contributed by atoms with Gasteiger partial charge in [-0.1, -0.05) is 0 Å². The number of hydrogen-bond donors (Lipinski definition) is 1. The summed E-state index contributed by atoms with van der Waals surface area (Å²) in [6.07, 6.45) is -0.447. The van der Waals surface area contributed by atoms with Crippen molar-refractivity contribution in [3.05, 3.63) is 29.1 Å². The van der Waals surface area contributed by atoms with Gasteiger partial charge in [0.2, 0.25) is 5.91 Å². The van der Waals surface area contributed by atoms with Gasteiger partial charge >= 0.3 is 6.18 Å². The molecule has 1 amide bonds. The highest BCUT2D eigenvalue weighted by atomic mass is 32.2. The van der Waals surface area contributed by atoms with Crippen LogP contribution in [0.25, 0.3) is 0 Å². The molecule has 2 saturated heterocycles. The number of ether oxygens (including phenoxy) is 2. The van der Waals surface area contributed by atoms with Gasteiger partial charge in [0.05, 0.1) is 23.7 Å². The fraction of sp³-hybridized carbons (Fsp3) is 0.750. The van der Waals surface area contributed by atoms with E-state index >= 15 is 0 Å². The number of nitrogens with two attached hydrogens (primary N) is 1. The van der Waals surface area contributed by atoms with E-state index in [1.807, 2.05) is 0 Å². The molecule has 0 bridgehead atoms. The Kier molecular flexibility index (Phi) is 7.06. The molecule has 2 unspecified atom stereocenters. The number of amides is 1. The lowest BCUT2D eigenvalue weighted by Gasteiger charge is -2.37. The topological polar surface area (TPSA) is 115 Å². The molecule has 3 aliphatic heterocycles. The molecule has 5 rings (SSSR count). The third-order valence-corrected chi connectivity index (χ3v) is 9.75. The molecule has 0 aromatic carbocycles. The van der Waals surface area contributed by atoms with E-state index < -0.39 is 27.4 Å². The van der Waals surface area contributed by atoms with Crippen LogP contribution in [0, 0.1) is 23.2 Å². The predicted octanol–water partition coefficient (Wildman–Crippen LogP) is 1.96. The quantitative estimate of drug-likeness (QED) is 0.604. The van der Waals surface area contributed by atoms with E-state index in [0.29, 0.717) is 50.3 Å². The number of carbonyl (C=O) groups is 1. The molecule has 4 aliphatic rings. The lowest BCUT2D eigenvalue weighted by Crippen LogP contribution is -2.49. The number of carbonyl (C=O) groups excluding carboxylic acids is 1. The second-order valence-corrected chi connectivity index (χ2v) is 12.5. The lowest BCUT2D eigenvalue weighted by atomic mass is 9.78. The standard InChI is InChI=1S/C24H33F3N4O5S/c1-35-21-13-36-5-3-16(21)6-15-7-19-12-31(37(28,33)34)14-23(19,9-15)22(32)30-4-2-20-17(11-30)8-18(10-29-20)24(25,26)27/h8,10,15-16,19,21H,2-7,9,11-14H2,1H3,(H2,28,33,34)/t15-,16?,19+,21?,23+/m1/s1. The summed E-state index contributed by atoms with van der Waals surface area (Å²) >= 11 is 0. The molecule has 5 atom stereocenters. The zero-order valence-electron chi connectivity index (χ0n) is 20.7. The summed E-state index contributed by atoms with van der Waals surface area (Å²) in [7, 11) is -2.32. The van der Waals surface area contributed by atoms with Gasteiger partial charge in [-0.3, -0.25) is 9.78 Å². The third-order valence-electron chi connectivity index (χ3n) is 8.75. The summed E-state index contributed by atoms with van der Waals surface area (Å²) in [5.74, 6) is 0.0837. The highest BCUT2D eigenvalue weighted by Crippen LogP contribution is 2.55. The highest BCUT2D eigenvalue weighted by Gasteiger charge is 2.60. The fourth-order valence-corrected chi connectivity index (χ4v) is 7.75. The number of hydrogen-bond acceptors (Lipinski definition) is 6. The van der Waals surface area contributed by atoms with Crippen LogP contribution in [-0.4, -0.2) is 74.6 Å². The van der Waals surface area contributed by atoms with Crippen LogP contribution < -0.4 is 5.14 Å². The van der Waals surface area contributed by atoms with Gasteiger partial charge in [-0.15, -0.1) is 0 Å². The Morgan fingerprint density at radius 2 is 2.16 bits per heavy atom. The Bertz CT molecular complexity index is 1150. The van der Waals surface area contributed by atoms with Crippen molar-refractivity contribution in [3.63, 3.8) is 0 Å². The molecular weight excluding hydrogens is 513 g/mol. The second-order valence-electron chi connectivity index (χ2n) is 10.9. The Morgan fingerprint density at radius 3 is 2.86 bits per heavy atom. The first-order valence-corrected chi connectivity index (χ1v) is 14.1. The minimum Gasteiger partial charge on any atom is -0.379 e. The monoisotopic (exact) mass is 546 g/mol. The average molecular weight is 547 g/mol. The van der Waals surface area contributed by atoms with Gasteiger partial charge in [-0.2, -0.15) is 25.9 Å². The Morgan fingerprint density at radius 1 is 1.38 bits per heavy atom. The van der Waals surface area contributed by atoms with Crippen LogP contribution >= 0.6 is 0 Å². The molecule has 1 aliphatic carbocycles. The van der Waals surface area contributed by atoms with Crippen molar-refractivity contribution in [2.75, 3.05) is 40.0 Å². The second kappa shape index (κ2) is 9.74. The molecule has 1 aromatic rings. The number of pyridine rings is 1. The summed E-state index contributed by atoms with van der Waals surface area (Å²) < 4.78 is 76.6. The van der Waals surface area contributed by atoms with E-state index in [1.54, 1.807) is 12.0 Å². The molecule has 1 aromatic heterocycles. The van der Waals surface area contributed by atoms with Gasteiger partial charge < -0.3 is 14.4 Å². The van der Waals surface area contributed by atoms with Crippen molar-refractivity contribution in [2.24, 2.45) is 28.3 Å². The summed E-state index contributed by atoms with van der Waals surface area (Å²) in [6.45, 7) is 1.70. The molecule has 0 radical (unpaired) electrons. The summed E-state index contributed by atoms with van der Waals surface area (Å²) in [4.78, 5) is 19.7. The summed E-state index contributed by atoms with van der Waals surface area (Å²) in [5, 5.41) is 5.45. The SMILES string of the molecule is COC1COCCC1C[C@@H]1C[C@H]2CN(S(N)(=O)=O)C[C@@]2(C(=O)N2CCc3ncc(C(F)(F)F)cc3C2)C1. The molecular formula is C24H33F3N4O5S. The maximum absolute atomic E-state index is 14.1. The Balaban J connectivity index is 1.38. The zero-order valence-corrected chi connectivity index (χ0v) is 21.6. The number of rotatable bonds is 5. The zero-order chi connectivity index (χ0) is 26.6. The first-order chi connectivity index (χ1) is 17.4. The summed E-state index contributed by atoms with van der Waals surface area (Å²) in [6, 6.07) is 1.07. The van der Waals surface area contributed by atoms with Gasteiger partial charge in [0.1, 0.15) is 0 Å². The highest BCUT2D eigenvalue weighted by molar-refractivity contribution is 7.86. The Labute approximate surface area is 214 Å². The van der Waals surface area contributed by atoms with E-state index in [2.05, 4.69) is 4.98 Å². The molecule has 13 heteroatoms. The predicted molar refractivity (Wildman–Crippen MR) is 126 cm³/mol. The van der Waals surface area contributed by atoms with Crippen molar-refractivity contribution in [2.45, 2.75) is 50.9 Å². The van der Waals surface area contributed by atoms with Crippen molar-refractivity contribution in [1.82, 2.24) is 14.2 Å². The van der Waals surface area contributed by atoms with Crippen LogP contribution in [0.2, 0.25) is 0 Å². The van der Waals surface area contributed by atoms with Crippen LogP contribution in [0.4, 0.5) is 13.2 Å². The first-order valence-electron chi connectivity index (χ1n) is 12.6. The van der Waals surface area contributed by atoms with E-state index in [9.17, 15) is 26.4 Å². The van der Waals surface area contributed by atoms with Crippen LogP contribution in [0.15, 0.2) is 12.3 Å². The minimum absolute atomic E-state index is 0.00246. The maximum atomic E-state index is 14.1. The number of nitrogens with zero attached hydrogens (tertiary/aromatic N) is 3. The van der Waals surface area contributed by atoms with Crippen molar-refractivity contribution >= 4 is 16.1 Å². The number of halogens is 3. The normalized spacial score (nSPS) is 32.8. The van der Waals surface area contributed by atoms with E-state index in [0.717, 1.165) is 25.1 Å². The molecule has 2 N–H and O–H groups in total. The van der Waals surface area contributed by atoms with Gasteiger partial charge in [-0.25, -0.2) is 5.14 Å². The van der Waals surface area contributed by atoms with E-state index in [-0.39, 0.29) is 49.4 Å². The number of fused-ring (bicyclic) bond motifs is 2. The van der Waals surface area contributed by atoms with E-state index in [1.165, 1.54) is 4.31 Å². The van der Waals surface area contributed by atoms with Crippen molar-refractivity contribution in [1.29, 1.82) is 0 Å². The molecule has 4 heterocycles. The van der Waals surface area contributed by atoms with Crippen LogP contribution in [0.3, 0.4) is 0 Å². The van der Waals surface area contributed by atoms with Crippen molar-refractivity contribution < 1.29 is 35.9 Å². The minimum atomic E-state index is -4.53. The lowest BCUT2D eigenvalue weighted by molar-refractivity contribution is -0.144.